The number of aromatic amines is 1. The molecule has 0 fully saturated rings. The second-order valence-corrected chi connectivity index (χ2v) is 5.45. The van der Waals surface area contributed by atoms with Crippen molar-refractivity contribution in [3.8, 4) is 5.75 Å². The molecule has 3 rings (SSSR count). The number of aromatic nitrogens is 2. The molecular weight excluding hydrogens is 306 g/mol. The third-order valence-corrected chi connectivity index (χ3v) is 3.89. The van der Waals surface area contributed by atoms with E-state index in [2.05, 4.69) is 10.3 Å². The van der Waals surface area contributed by atoms with Crippen LogP contribution in [0.1, 0.15) is 5.56 Å². The first-order valence-electron chi connectivity index (χ1n) is 7.75. The van der Waals surface area contributed by atoms with Crippen LogP contribution in [0.4, 0.5) is 0 Å². The zero-order valence-electron chi connectivity index (χ0n) is 13.4. The molecule has 0 unspecified atom stereocenters. The van der Waals surface area contributed by atoms with E-state index in [0.29, 0.717) is 13.0 Å². The van der Waals surface area contributed by atoms with Gasteiger partial charge in [0.15, 0.2) is 0 Å². The molecule has 1 heterocycles. The van der Waals surface area contributed by atoms with Gasteiger partial charge in [-0.25, -0.2) is 4.79 Å². The number of imidazole rings is 1. The fourth-order valence-corrected chi connectivity index (χ4v) is 2.71. The highest BCUT2D eigenvalue weighted by molar-refractivity contribution is 5.80. The molecule has 0 radical (unpaired) electrons. The van der Waals surface area contributed by atoms with Crippen molar-refractivity contribution in [3.05, 3.63) is 64.6 Å². The smallest absolute Gasteiger partial charge is 0.326 e. The number of amides is 1. The van der Waals surface area contributed by atoms with E-state index in [1.54, 1.807) is 7.11 Å². The molecule has 0 atom stereocenters. The zero-order valence-corrected chi connectivity index (χ0v) is 13.4. The predicted molar refractivity (Wildman–Crippen MR) is 92.3 cm³/mol. The molecule has 1 aromatic heterocycles. The van der Waals surface area contributed by atoms with Gasteiger partial charge >= 0.3 is 5.69 Å². The van der Waals surface area contributed by atoms with Crippen LogP contribution in [0, 0.1) is 0 Å². The molecule has 24 heavy (non-hydrogen) atoms. The number of fused-ring (bicyclic) bond motifs is 1. The van der Waals surface area contributed by atoms with Crippen molar-refractivity contribution in [3.63, 3.8) is 0 Å². The van der Waals surface area contributed by atoms with Gasteiger partial charge in [0.2, 0.25) is 5.91 Å². The van der Waals surface area contributed by atoms with Crippen LogP contribution in [0.3, 0.4) is 0 Å². The first-order valence-corrected chi connectivity index (χ1v) is 7.75. The molecule has 0 saturated heterocycles. The van der Waals surface area contributed by atoms with Crippen LogP contribution in [-0.4, -0.2) is 29.1 Å². The van der Waals surface area contributed by atoms with E-state index in [1.165, 1.54) is 4.57 Å². The standard InChI is InChI=1S/C18H19N3O3/c1-24-16-9-5-2-6-13(16)10-11-19-17(22)12-21-15-8-4-3-7-14(15)20-18(21)23/h2-9H,10-12H2,1H3,(H,19,22)(H,20,23). The van der Waals surface area contributed by atoms with Gasteiger partial charge in [-0.15, -0.1) is 0 Å². The Morgan fingerprint density at radius 2 is 1.92 bits per heavy atom. The monoisotopic (exact) mass is 325 g/mol. The quantitative estimate of drug-likeness (QED) is 0.724. The summed E-state index contributed by atoms with van der Waals surface area (Å²) in [7, 11) is 1.63. The minimum Gasteiger partial charge on any atom is -0.496 e. The molecule has 0 aliphatic carbocycles. The molecule has 2 N–H and O–H groups in total. The largest absolute Gasteiger partial charge is 0.496 e. The Morgan fingerprint density at radius 3 is 2.75 bits per heavy atom. The topological polar surface area (TPSA) is 76.1 Å². The van der Waals surface area contributed by atoms with Gasteiger partial charge in [-0.05, 0) is 30.2 Å². The van der Waals surface area contributed by atoms with Crippen molar-refractivity contribution in [1.29, 1.82) is 0 Å². The summed E-state index contributed by atoms with van der Waals surface area (Å²) in [5, 5.41) is 2.84. The van der Waals surface area contributed by atoms with Gasteiger partial charge in [0.25, 0.3) is 0 Å². The number of hydrogen-bond acceptors (Lipinski definition) is 3. The lowest BCUT2D eigenvalue weighted by atomic mass is 10.1. The number of methoxy groups -OCH3 is 1. The summed E-state index contributed by atoms with van der Waals surface area (Å²) in [4.78, 5) is 26.8. The molecule has 124 valence electrons. The molecule has 0 saturated carbocycles. The van der Waals surface area contributed by atoms with Gasteiger partial charge in [0, 0.05) is 6.54 Å². The van der Waals surface area contributed by atoms with Crippen LogP contribution in [-0.2, 0) is 17.8 Å². The minimum atomic E-state index is -0.281. The van der Waals surface area contributed by atoms with Crippen LogP contribution in [0.25, 0.3) is 11.0 Å². The van der Waals surface area contributed by atoms with Gasteiger partial charge in [0.1, 0.15) is 12.3 Å². The summed E-state index contributed by atoms with van der Waals surface area (Å²) in [5.41, 5.74) is 2.20. The average Bonchev–Trinajstić information content (AvgIpc) is 2.91. The Labute approximate surface area is 139 Å². The maximum atomic E-state index is 12.1. The normalized spacial score (nSPS) is 10.7. The van der Waals surface area contributed by atoms with Gasteiger partial charge in [0.05, 0.1) is 18.1 Å². The highest BCUT2D eigenvalue weighted by atomic mass is 16.5. The Bertz CT molecular complexity index is 911. The number of benzene rings is 2. The van der Waals surface area contributed by atoms with Gasteiger partial charge in [-0.1, -0.05) is 30.3 Å². The van der Waals surface area contributed by atoms with E-state index in [1.807, 2.05) is 48.5 Å². The Balaban J connectivity index is 1.61. The molecule has 0 bridgehead atoms. The Morgan fingerprint density at radius 1 is 1.17 bits per heavy atom. The van der Waals surface area contributed by atoms with Crippen LogP contribution < -0.4 is 15.7 Å². The lowest BCUT2D eigenvalue weighted by Crippen LogP contribution is -2.32. The number of nitrogens with one attached hydrogen (secondary N) is 2. The van der Waals surface area contributed by atoms with Crippen LogP contribution >= 0.6 is 0 Å². The molecule has 3 aromatic rings. The zero-order chi connectivity index (χ0) is 16.9. The van der Waals surface area contributed by atoms with Gasteiger partial charge in [-0.2, -0.15) is 0 Å². The number of nitrogens with zero attached hydrogens (tertiary/aromatic N) is 1. The summed E-state index contributed by atoms with van der Waals surface area (Å²) in [6.07, 6.45) is 0.665. The van der Waals surface area contributed by atoms with E-state index in [0.717, 1.165) is 22.3 Å². The number of para-hydroxylation sites is 3. The number of hydrogen-bond donors (Lipinski definition) is 2. The lowest BCUT2D eigenvalue weighted by Gasteiger charge is -2.09. The maximum Gasteiger partial charge on any atom is 0.326 e. The predicted octanol–water partition coefficient (Wildman–Crippen LogP) is 1.70. The number of carbonyl (C=O) groups is 1. The SMILES string of the molecule is COc1ccccc1CCNC(=O)Cn1c(=O)[nH]c2ccccc21. The summed E-state index contributed by atoms with van der Waals surface area (Å²) in [5.74, 6) is 0.608. The molecule has 6 nitrogen and oxygen atoms in total. The van der Waals surface area contributed by atoms with Crippen LogP contribution in [0.5, 0.6) is 5.75 Å². The van der Waals surface area contributed by atoms with Crippen LogP contribution in [0.15, 0.2) is 53.3 Å². The third-order valence-electron chi connectivity index (χ3n) is 3.89. The summed E-state index contributed by atoms with van der Waals surface area (Å²) >= 11 is 0. The van der Waals surface area contributed by atoms with Crippen molar-refractivity contribution in [2.45, 2.75) is 13.0 Å². The van der Waals surface area contributed by atoms with Crippen molar-refractivity contribution in [1.82, 2.24) is 14.9 Å². The van der Waals surface area contributed by atoms with E-state index in [9.17, 15) is 9.59 Å². The van der Waals surface area contributed by atoms with E-state index >= 15 is 0 Å². The first kappa shape index (κ1) is 15.9. The Hall–Kier alpha value is -3.02. The maximum absolute atomic E-state index is 12.1. The van der Waals surface area contributed by atoms with E-state index in [-0.39, 0.29) is 18.1 Å². The molecule has 0 spiro atoms. The van der Waals surface area contributed by atoms with Crippen molar-refractivity contribution >= 4 is 16.9 Å². The number of ether oxygens (including phenoxy) is 1. The summed E-state index contributed by atoms with van der Waals surface area (Å²) in [6.45, 7) is 0.477. The van der Waals surface area contributed by atoms with Crippen LogP contribution in [0.2, 0.25) is 0 Å². The summed E-state index contributed by atoms with van der Waals surface area (Å²) in [6, 6.07) is 15.0. The average molecular weight is 325 g/mol. The third kappa shape index (κ3) is 3.32. The first-order chi connectivity index (χ1) is 11.7. The van der Waals surface area contributed by atoms with E-state index < -0.39 is 0 Å². The van der Waals surface area contributed by atoms with Crippen molar-refractivity contribution in [2.24, 2.45) is 0 Å². The number of rotatable bonds is 6. The molecule has 6 heteroatoms. The van der Waals surface area contributed by atoms with Gasteiger partial charge < -0.3 is 15.0 Å². The Kier molecular flexibility index (Phi) is 4.65. The molecular formula is C18H19N3O3. The highest BCUT2D eigenvalue weighted by Crippen LogP contribution is 2.17. The summed E-state index contributed by atoms with van der Waals surface area (Å²) < 4.78 is 6.73. The number of H-pyrrole nitrogens is 1. The highest BCUT2D eigenvalue weighted by Gasteiger charge is 2.10. The second kappa shape index (κ2) is 7.04. The van der Waals surface area contributed by atoms with Crippen molar-refractivity contribution in [2.75, 3.05) is 13.7 Å². The molecule has 0 aliphatic rings. The molecule has 0 aliphatic heterocycles. The minimum absolute atomic E-state index is 0.00519. The van der Waals surface area contributed by atoms with Crippen molar-refractivity contribution < 1.29 is 9.53 Å². The molecule has 1 amide bonds. The second-order valence-electron chi connectivity index (χ2n) is 5.45. The number of carbonyl (C=O) groups excluding carboxylic acids is 1. The fourth-order valence-electron chi connectivity index (χ4n) is 2.71. The lowest BCUT2D eigenvalue weighted by molar-refractivity contribution is -0.121. The molecule has 2 aromatic carbocycles. The fraction of sp³-hybridized carbons (Fsp3) is 0.222. The van der Waals surface area contributed by atoms with E-state index in [4.69, 9.17) is 4.74 Å². The van der Waals surface area contributed by atoms with Gasteiger partial charge in [-0.3, -0.25) is 9.36 Å².